The van der Waals surface area contributed by atoms with Gasteiger partial charge in [-0.2, -0.15) is 5.10 Å². The first-order valence-electron chi connectivity index (χ1n) is 5.37. The van der Waals surface area contributed by atoms with Crippen LogP contribution in [0.4, 0.5) is 0 Å². The topological polar surface area (TPSA) is 52.0 Å². The van der Waals surface area contributed by atoms with Gasteiger partial charge in [0.05, 0.1) is 6.54 Å². The van der Waals surface area contributed by atoms with Gasteiger partial charge in [-0.3, -0.25) is 4.68 Å². The highest BCUT2D eigenvalue weighted by molar-refractivity contribution is 4.81. The Balaban J connectivity index is 1.96. The van der Waals surface area contributed by atoms with Crippen molar-refractivity contribution < 1.29 is 4.74 Å². The lowest BCUT2D eigenvalue weighted by molar-refractivity contribution is 0.192. The van der Waals surface area contributed by atoms with Crippen LogP contribution in [-0.2, 0) is 18.3 Å². The molecule has 0 aliphatic heterocycles. The molecule has 0 aliphatic carbocycles. The number of rotatable bonds is 8. The second-order valence-corrected chi connectivity index (χ2v) is 3.53. The summed E-state index contributed by atoms with van der Waals surface area (Å²) in [6.07, 6.45) is 5.11. The van der Waals surface area contributed by atoms with Crippen LogP contribution >= 0.6 is 0 Å². The summed E-state index contributed by atoms with van der Waals surface area (Å²) in [6.45, 7) is 2.68. The highest BCUT2D eigenvalue weighted by atomic mass is 16.5. The molecule has 0 fully saturated rings. The molecule has 86 valence electrons. The second-order valence-electron chi connectivity index (χ2n) is 3.53. The van der Waals surface area contributed by atoms with Gasteiger partial charge in [0, 0.05) is 20.8 Å². The number of hydrogen-bond acceptors (Lipinski definition) is 4. The maximum Gasteiger partial charge on any atom is 0.140 e. The summed E-state index contributed by atoms with van der Waals surface area (Å²) in [7, 11) is 3.65. The maximum absolute atomic E-state index is 4.98. The van der Waals surface area contributed by atoms with E-state index in [1.54, 1.807) is 18.1 Å². The third-order valence-corrected chi connectivity index (χ3v) is 2.29. The molecule has 1 N–H and O–H groups in total. The van der Waals surface area contributed by atoms with Crippen molar-refractivity contribution in [3.05, 3.63) is 12.2 Å². The highest BCUT2D eigenvalue weighted by Gasteiger charge is 1.98. The minimum absolute atomic E-state index is 0.792. The van der Waals surface area contributed by atoms with Crippen molar-refractivity contribution in [2.45, 2.75) is 25.8 Å². The Morgan fingerprint density at radius 3 is 2.93 bits per heavy atom. The molecule has 0 atom stereocenters. The summed E-state index contributed by atoms with van der Waals surface area (Å²) in [5.41, 5.74) is 0. The Morgan fingerprint density at radius 2 is 2.27 bits per heavy atom. The molecule has 1 rings (SSSR count). The largest absolute Gasteiger partial charge is 0.385 e. The van der Waals surface area contributed by atoms with Crippen LogP contribution in [0.5, 0.6) is 0 Å². The second kappa shape index (κ2) is 7.36. The van der Waals surface area contributed by atoms with E-state index in [9.17, 15) is 0 Å². The molecular formula is C10H20N4O. The first kappa shape index (κ1) is 12.1. The third kappa shape index (κ3) is 4.90. The van der Waals surface area contributed by atoms with Gasteiger partial charge in [-0.05, 0) is 25.8 Å². The molecule has 15 heavy (non-hydrogen) atoms. The summed E-state index contributed by atoms with van der Waals surface area (Å²) >= 11 is 0. The smallest absolute Gasteiger partial charge is 0.140 e. The summed E-state index contributed by atoms with van der Waals surface area (Å²) in [5, 5.41) is 7.35. The average Bonchev–Trinajstić information content (AvgIpc) is 2.63. The average molecular weight is 212 g/mol. The predicted molar refractivity (Wildman–Crippen MR) is 58.4 cm³/mol. The van der Waals surface area contributed by atoms with E-state index in [0.29, 0.717) is 0 Å². The third-order valence-electron chi connectivity index (χ3n) is 2.29. The van der Waals surface area contributed by atoms with Gasteiger partial charge < -0.3 is 10.1 Å². The molecule has 1 heterocycles. The Labute approximate surface area is 90.8 Å². The number of aryl methyl sites for hydroxylation is 1. The normalized spacial score (nSPS) is 10.8. The predicted octanol–water partition coefficient (Wildman–Crippen LogP) is 0.721. The van der Waals surface area contributed by atoms with Crippen molar-refractivity contribution in [2.75, 3.05) is 20.3 Å². The lowest BCUT2D eigenvalue weighted by atomic mass is 10.2. The number of aromatic nitrogens is 3. The first-order valence-corrected chi connectivity index (χ1v) is 5.37. The fourth-order valence-electron chi connectivity index (χ4n) is 1.35. The molecule has 5 nitrogen and oxygen atoms in total. The van der Waals surface area contributed by atoms with Gasteiger partial charge in [0.2, 0.25) is 0 Å². The molecule has 0 saturated carbocycles. The zero-order valence-electron chi connectivity index (χ0n) is 9.57. The molecule has 0 saturated heterocycles. The molecular weight excluding hydrogens is 192 g/mol. The van der Waals surface area contributed by atoms with Gasteiger partial charge in [0.1, 0.15) is 12.2 Å². The number of hydrogen-bond donors (Lipinski definition) is 1. The van der Waals surface area contributed by atoms with Crippen LogP contribution in [0.3, 0.4) is 0 Å². The molecule has 0 aliphatic rings. The summed E-state index contributed by atoms with van der Waals surface area (Å²) < 4.78 is 6.77. The SMILES string of the molecule is COCCCCCNCc1ncnn1C. The number of nitrogens with zero attached hydrogens (tertiary/aromatic N) is 3. The molecule has 1 aromatic rings. The fourth-order valence-corrected chi connectivity index (χ4v) is 1.35. The van der Waals surface area contributed by atoms with Crippen molar-refractivity contribution in [3.63, 3.8) is 0 Å². The lowest BCUT2D eigenvalue weighted by Gasteiger charge is -2.03. The van der Waals surface area contributed by atoms with Crippen LogP contribution < -0.4 is 5.32 Å². The van der Waals surface area contributed by atoms with Gasteiger partial charge in [0.25, 0.3) is 0 Å². The quantitative estimate of drug-likeness (QED) is 0.645. The van der Waals surface area contributed by atoms with Gasteiger partial charge in [-0.25, -0.2) is 4.98 Å². The molecule has 0 bridgehead atoms. The lowest BCUT2D eigenvalue weighted by Crippen LogP contribution is -2.17. The van der Waals surface area contributed by atoms with Gasteiger partial charge in [0.15, 0.2) is 0 Å². The zero-order valence-corrected chi connectivity index (χ0v) is 9.57. The molecule has 0 unspecified atom stereocenters. The van der Waals surface area contributed by atoms with Gasteiger partial charge >= 0.3 is 0 Å². The number of nitrogens with one attached hydrogen (secondary N) is 1. The summed E-state index contributed by atoms with van der Waals surface area (Å²) in [6, 6.07) is 0. The Bertz CT molecular complexity index is 262. The molecule has 0 radical (unpaired) electrons. The number of unbranched alkanes of at least 4 members (excludes halogenated alkanes) is 2. The minimum atomic E-state index is 0.792. The van der Waals surface area contributed by atoms with Crippen LogP contribution in [0.1, 0.15) is 25.1 Å². The van der Waals surface area contributed by atoms with Crippen molar-refractivity contribution in [2.24, 2.45) is 7.05 Å². The molecule has 0 spiro atoms. The number of methoxy groups -OCH3 is 1. The Hall–Kier alpha value is -0.940. The van der Waals surface area contributed by atoms with Crippen molar-refractivity contribution >= 4 is 0 Å². The van der Waals surface area contributed by atoms with Crippen molar-refractivity contribution in [1.29, 1.82) is 0 Å². The molecule has 0 amide bonds. The highest BCUT2D eigenvalue weighted by Crippen LogP contribution is 1.95. The van der Waals surface area contributed by atoms with E-state index in [-0.39, 0.29) is 0 Å². The van der Waals surface area contributed by atoms with E-state index < -0.39 is 0 Å². The van der Waals surface area contributed by atoms with E-state index in [4.69, 9.17) is 4.74 Å². The summed E-state index contributed by atoms with van der Waals surface area (Å²) in [4.78, 5) is 4.13. The standard InChI is InChI=1S/C10H20N4O/c1-14-10(12-9-13-14)8-11-6-4-3-5-7-15-2/h9,11H,3-8H2,1-2H3. The zero-order chi connectivity index (χ0) is 10.9. The molecule has 5 heteroatoms. The number of ether oxygens (including phenoxy) is 1. The fraction of sp³-hybridized carbons (Fsp3) is 0.800. The van der Waals surface area contributed by atoms with Gasteiger partial charge in [-0.15, -0.1) is 0 Å². The van der Waals surface area contributed by atoms with Crippen LogP contribution in [0.25, 0.3) is 0 Å². The Morgan fingerprint density at radius 1 is 1.40 bits per heavy atom. The van der Waals surface area contributed by atoms with E-state index >= 15 is 0 Å². The van der Waals surface area contributed by atoms with Crippen LogP contribution in [0, 0.1) is 0 Å². The molecule has 0 aromatic carbocycles. The maximum atomic E-state index is 4.98. The first-order chi connectivity index (χ1) is 7.34. The monoisotopic (exact) mass is 212 g/mol. The van der Waals surface area contributed by atoms with Crippen LogP contribution in [0.15, 0.2) is 6.33 Å². The van der Waals surface area contributed by atoms with Crippen molar-refractivity contribution in [3.8, 4) is 0 Å². The molecule has 1 aromatic heterocycles. The van der Waals surface area contributed by atoms with Crippen LogP contribution in [-0.4, -0.2) is 35.0 Å². The minimum Gasteiger partial charge on any atom is -0.385 e. The van der Waals surface area contributed by atoms with E-state index in [2.05, 4.69) is 15.4 Å². The van der Waals surface area contributed by atoms with E-state index in [0.717, 1.165) is 31.9 Å². The van der Waals surface area contributed by atoms with E-state index in [1.807, 2.05) is 7.05 Å². The van der Waals surface area contributed by atoms with Crippen LogP contribution in [0.2, 0.25) is 0 Å². The van der Waals surface area contributed by atoms with Gasteiger partial charge in [-0.1, -0.05) is 0 Å². The summed E-state index contributed by atoms with van der Waals surface area (Å²) in [5.74, 6) is 0.979. The Kier molecular flexibility index (Phi) is 5.96. The van der Waals surface area contributed by atoms with Crippen molar-refractivity contribution in [1.82, 2.24) is 20.1 Å². The van der Waals surface area contributed by atoms with E-state index in [1.165, 1.54) is 12.8 Å².